The van der Waals surface area contributed by atoms with Crippen LogP contribution in [0.25, 0.3) is 5.52 Å². The minimum absolute atomic E-state index is 0. The lowest BCUT2D eigenvalue weighted by molar-refractivity contribution is -0.609. The van der Waals surface area contributed by atoms with Gasteiger partial charge in [0, 0.05) is 23.2 Å². The van der Waals surface area contributed by atoms with E-state index in [1.54, 1.807) is 0 Å². The van der Waals surface area contributed by atoms with Gasteiger partial charge in [-0.15, -0.1) is 0 Å². The molecular formula is C14H12BrClN2. The molecule has 0 N–H and O–H groups in total. The molecule has 0 fully saturated rings. The number of rotatable bonds is 2. The van der Waals surface area contributed by atoms with Gasteiger partial charge in [0.15, 0.2) is 0 Å². The van der Waals surface area contributed by atoms with E-state index in [2.05, 4.69) is 45.9 Å². The van der Waals surface area contributed by atoms with Crippen molar-refractivity contribution >= 4 is 17.1 Å². The Labute approximate surface area is 121 Å². The van der Waals surface area contributed by atoms with Gasteiger partial charge >= 0.3 is 0 Å². The first-order chi connectivity index (χ1) is 8.33. The first-order valence-electron chi connectivity index (χ1n) is 5.53. The molecule has 0 saturated carbocycles. The molecule has 0 aliphatic carbocycles. The number of hydrogen-bond donors (Lipinski definition) is 0. The molecule has 18 heavy (non-hydrogen) atoms. The van der Waals surface area contributed by atoms with Crippen LogP contribution in [-0.4, -0.2) is 4.68 Å². The second-order valence-corrected chi connectivity index (χ2v) is 4.45. The third kappa shape index (κ3) is 2.57. The van der Waals surface area contributed by atoms with E-state index in [1.807, 2.05) is 24.3 Å². The van der Waals surface area contributed by atoms with Gasteiger partial charge in [-0.05, 0) is 23.8 Å². The van der Waals surface area contributed by atoms with Gasteiger partial charge < -0.3 is 17.0 Å². The summed E-state index contributed by atoms with van der Waals surface area (Å²) in [7, 11) is 0. The zero-order valence-corrected chi connectivity index (χ0v) is 12.0. The van der Waals surface area contributed by atoms with Crippen LogP contribution in [-0.2, 0) is 6.54 Å². The summed E-state index contributed by atoms with van der Waals surface area (Å²) in [4.78, 5) is 0. The smallest absolute Gasteiger partial charge is 0.237 e. The zero-order chi connectivity index (χ0) is 11.7. The molecule has 2 aromatic heterocycles. The van der Waals surface area contributed by atoms with Crippen molar-refractivity contribution in [3.05, 3.63) is 71.5 Å². The van der Waals surface area contributed by atoms with Crippen LogP contribution in [0.4, 0.5) is 0 Å². The van der Waals surface area contributed by atoms with Crippen LogP contribution in [0, 0.1) is 0 Å². The third-order valence-corrected chi connectivity index (χ3v) is 3.07. The molecule has 0 bridgehead atoms. The van der Waals surface area contributed by atoms with Crippen molar-refractivity contribution < 1.29 is 21.5 Å². The molecule has 2 nitrogen and oxygen atoms in total. The highest BCUT2D eigenvalue weighted by molar-refractivity contribution is 6.30. The first-order valence-corrected chi connectivity index (χ1v) is 5.91. The van der Waals surface area contributed by atoms with Gasteiger partial charge in [0.25, 0.3) is 0 Å². The molecule has 0 unspecified atom stereocenters. The molecule has 4 heteroatoms. The van der Waals surface area contributed by atoms with Crippen molar-refractivity contribution in [3.63, 3.8) is 0 Å². The summed E-state index contributed by atoms with van der Waals surface area (Å²) in [6, 6.07) is 16.2. The van der Waals surface area contributed by atoms with Gasteiger partial charge in [0.2, 0.25) is 11.7 Å². The minimum atomic E-state index is 0. The average Bonchev–Trinajstić information content (AvgIpc) is 2.76. The maximum Gasteiger partial charge on any atom is 0.237 e. The fourth-order valence-electron chi connectivity index (χ4n) is 1.95. The fourth-order valence-corrected chi connectivity index (χ4v) is 2.08. The van der Waals surface area contributed by atoms with Crippen molar-refractivity contribution in [1.29, 1.82) is 0 Å². The number of aromatic nitrogens is 2. The van der Waals surface area contributed by atoms with E-state index < -0.39 is 0 Å². The molecule has 0 saturated heterocycles. The van der Waals surface area contributed by atoms with E-state index in [9.17, 15) is 0 Å². The molecule has 1 aromatic carbocycles. The van der Waals surface area contributed by atoms with Crippen molar-refractivity contribution in [1.82, 2.24) is 4.68 Å². The van der Waals surface area contributed by atoms with E-state index in [-0.39, 0.29) is 17.0 Å². The molecule has 2 heterocycles. The summed E-state index contributed by atoms with van der Waals surface area (Å²) < 4.78 is 4.30. The number of halogens is 2. The predicted molar refractivity (Wildman–Crippen MR) is 68.1 cm³/mol. The molecule has 0 amide bonds. The number of fused-ring (bicyclic) bond motifs is 1. The van der Waals surface area contributed by atoms with Gasteiger partial charge in [-0.1, -0.05) is 28.2 Å². The Morgan fingerprint density at radius 3 is 2.56 bits per heavy atom. The summed E-state index contributed by atoms with van der Waals surface area (Å²) in [5, 5.41) is 0.777. The minimum Gasteiger partial charge on any atom is -1.00 e. The largest absolute Gasteiger partial charge is 1.00 e. The summed E-state index contributed by atoms with van der Waals surface area (Å²) in [6.45, 7) is 0.843. The van der Waals surface area contributed by atoms with E-state index in [0.717, 1.165) is 11.6 Å². The van der Waals surface area contributed by atoms with Crippen LogP contribution in [0.1, 0.15) is 5.56 Å². The average molecular weight is 324 g/mol. The van der Waals surface area contributed by atoms with E-state index in [1.165, 1.54) is 11.1 Å². The Morgan fingerprint density at radius 1 is 1.00 bits per heavy atom. The Morgan fingerprint density at radius 2 is 1.78 bits per heavy atom. The van der Waals surface area contributed by atoms with E-state index >= 15 is 0 Å². The lowest BCUT2D eigenvalue weighted by Gasteiger charge is -2.00. The molecule has 0 atom stereocenters. The molecule has 3 aromatic rings. The van der Waals surface area contributed by atoms with Crippen molar-refractivity contribution in [2.45, 2.75) is 6.54 Å². The van der Waals surface area contributed by atoms with Crippen molar-refractivity contribution in [2.75, 3.05) is 0 Å². The lowest BCUT2D eigenvalue weighted by Crippen LogP contribution is -3.00. The lowest BCUT2D eigenvalue weighted by atomic mass is 10.2. The highest BCUT2D eigenvalue weighted by Crippen LogP contribution is 2.10. The Hall–Kier alpha value is -1.32. The number of nitrogens with zero attached hydrogens (tertiary/aromatic N) is 2. The predicted octanol–water partition coefficient (Wildman–Crippen LogP) is -0.0675. The van der Waals surface area contributed by atoms with Crippen LogP contribution in [0.3, 0.4) is 0 Å². The SMILES string of the molecule is Clc1ccc(Cn2ccc3cccc[n+]32)cc1.[Br-]. The van der Waals surface area contributed by atoms with Crippen molar-refractivity contribution in [3.8, 4) is 0 Å². The van der Waals surface area contributed by atoms with Crippen LogP contribution < -0.4 is 21.5 Å². The molecule has 0 aliphatic rings. The van der Waals surface area contributed by atoms with E-state index in [4.69, 9.17) is 11.6 Å². The van der Waals surface area contributed by atoms with Crippen LogP contribution in [0.2, 0.25) is 5.02 Å². The number of benzene rings is 1. The molecule has 3 rings (SSSR count). The molecular weight excluding hydrogens is 312 g/mol. The monoisotopic (exact) mass is 322 g/mol. The maximum absolute atomic E-state index is 5.88. The quantitative estimate of drug-likeness (QED) is 0.584. The topological polar surface area (TPSA) is 9.03 Å². The van der Waals surface area contributed by atoms with Gasteiger partial charge in [0.05, 0.1) is 6.20 Å². The first kappa shape index (κ1) is 13.1. The van der Waals surface area contributed by atoms with Crippen LogP contribution >= 0.6 is 11.6 Å². The van der Waals surface area contributed by atoms with Gasteiger partial charge in [-0.25, -0.2) is 0 Å². The summed E-state index contributed by atoms with van der Waals surface area (Å²) in [5.41, 5.74) is 2.43. The maximum atomic E-state index is 5.88. The summed E-state index contributed by atoms with van der Waals surface area (Å²) >= 11 is 5.88. The van der Waals surface area contributed by atoms with Crippen LogP contribution in [0.5, 0.6) is 0 Å². The fraction of sp³-hybridized carbons (Fsp3) is 0.0714. The molecule has 0 radical (unpaired) electrons. The van der Waals surface area contributed by atoms with Gasteiger partial charge in [-0.3, -0.25) is 0 Å². The molecule has 0 aliphatic heterocycles. The Kier molecular flexibility index (Phi) is 4.04. The number of hydrogen-bond acceptors (Lipinski definition) is 0. The normalized spacial score (nSPS) is 10.3. The summed E-state index contributed by atoms with van der Waals surface area (Å²) in [6.07, 6.45) is 4.15. The Balaban J connectivity index is 0.00000120. The highest BCUT2D eigenvalue weighted by atomic mass is 79.9. The second-order valence-electron chi connectivity index (χ2n) is 4.01. The Bertz CT molecular complexity index is 646. The number of pyridine rings is 1. The standard InChI is InChI=1S/C14H12ClN2.BrH/c15-13-6-4-12(5-7-13)11-16-10-8-14-3-1-2-9-17(14)16;/h1-10H,11H2;1H/q+1;/p-1. The van der Waals surface area contributed by atoms with E-state index in [0.29, 0.717) is 0 Å². The third-order valence-electron chi connectivity index (χ3n) is 2.82. The highest BCUT2D eigenvalue weighted by Gasteiger charge is 2.07. The van der Waals surface area contributed by atoms with Gasteiger partial charge in [-0.2, -0.15) is 4.68 Å². The van der Waals surface area contributed by atoms with Crippen LogP contribution in [0.15, 0.2) is 60.9 Å². The zero-order valence-electron chi connectivity index (χ0n) is 9.63. The van der Waals surface area contributed by atoms with Gasteiger partial charge in [0.1, 0.15) is 6.54 Å². The summed E-state index contributed by atoms with van der Waals surface area (Å²) in [5.74, 6) is 0. The van der Waals surface area contributed by atoms with Crippen molar-refractivity contribution in [2.24, 2.45) is 0 Å². The molecule has 0 spiro atoms. The molecule has 92 valence electrons. The second kappa shape index (κ2) is 5.55.